The Kier molecular flexibility index (Phi) is 8.35. The van der Waals surface area contributed by atoms with Gasteiger partial charge in [0.15, 0.2) is 13.2 Å². The quantitative estimate of drug-likeness (QED) is 0.671. The van der Waals surface area contributed by atoms with Gasteiger partial charge >= 0.3 is 5.97 Å². The summed E-state index contributed by atoms with van der Waals surface area (Å²) >= 11 is 11.6. The number of carbonyl (C=O) groups excluding carboxylic acids is 3. The van der Waals surface area contributed by atoms with Gasteiger partial charge in [-0.3, -0.25) is 9.59 Å². The summed E-state index contributed by atoms with van der Waals surface area (Å²) in [7, 11) is 0. The van der Waals surface area contributed by atoms with Crippen molar-refractivity contribution >= 4 is 41.0 Å². The van der Waals surface area contributed by atoms with Crippen molar-refractivity contribution in [2.45, 2.75) is 19.9 Å². The van der Waals surface area contributed by atoms with Crippen LogP contribution in [-0.2, 0) is 19.1 Å². The summed E-state index contributed by atoms with van der Waals surface area (Å²) < 4.78 is 9.89. The Bertz CT molecular complexity index is 608. The smallest absolute Gasteiger partial charge is 0.344 e. The van der Waals surface area contributed by atoms with E-state index in [2.05, 4.69) is 10.6 Å². The third kappa shape index (κ3) is 8.03. The molecule has 7 nitrogen and oxygen atoms in total. The number of amides is 2. The van der Waals surface area contributed by atoms with E-state index in [1.54, 1.807) is 19.9 Å². The Balaban J connectivity index is 2.25. The van der Waals surface area contributed by atoms with Gasteiger partial charge in [-0.2, -0.15) is 0 Å². The normalized spacial score (nSPS) is 10.2. The number of benzene rings is 1. The number of carbonyl (C=O) groups is 3. The van der Waals surface area contributed by atoms with Crippen LogP contribution in [0.4, 0.5) is 0 Å². The summed E-state index contributed by atoms with van der Waals surface area (Å²) in [6, 6.07) is 4.52. The Morgan fingerprint density at radius 2 is 1.83 bits per heavy atom. The van der Waals surface area contributed by atoms with E-state index in [0.29, 0.717) is 5.02 Å². The molecule has 0 saturated carbocycles. The van der Waals surface area contributed by atoms with Gasteiger partial charge in [-0.15, -0.1) is 0 Å². The fourth-order valence-electron chi connectivity index (χ4n) is 1.52. The molecular formula is C15H18Cl2N2O5. The van der Waals surface area contributed by atoms with Crippen LogP contribution < -0.4 is 15.4 Å². The number of ether oxygens (including phenoxy) is 2. The number of nitrogens with one attached hydrogen (secondary N) is 2. The second-order valence-electron chi connectivity index (χ2n) is 5.02. The number of hydrogen-bond donors (Lipinski definition) is 2. The fourth-order valence-corrected chi connectivity index (χ4v) is 1.98. The monoisotopic (exact) mass is 376 g/mol. The van der Waals surface area contributed by atoms with Crippen LogP contribution >= 0.6 is 23.2 Å². The van der Waals surface area contributed by atoms with E-state index in [1.165, 1.54) is 12.1 Å². The van der Waals surface area contributed by atoms with Crippen molar-refractivity contribution in [3.63, 3.8) is 0 Å². The standard InChI is InChI=1S/C15H18Cl2N2O5/c1-9(2)19-13(20)6-18-14(21)7-24-15(22)8-23-12-4-3-10(16)5-11(12)17/h3-5,9H,6-8H2,1-2H3,(H,18,21)(H,19,20). The van der Waals surface area contributed by atoms with Crippen LogP contribution in [0, 0.1) is 0 Å². The van der Waals surface area contributed by atoms with Crippen LogP contribution in [0.15, 0.2) is 18.2 Å². The van der Waals surface area contributed by atoms with Crippen LogP contribution in [0.1, 0.15) is 13.8 Å². The van der Waals surface area contributed by atoms with E-state index in [0.717, 1.165) is 0 Å². The zero-order valence-corrected chi connectivity index (χ0v) is 14.7. The predicted octanol–water partition coefficient (Wildman–Crippen LogP) is 1.56. The predicted molar refractivity (Wildman–Crippen MR) is 89.2 cm³/mol. The highest BCUT2D eigenvalue weighted by Crippen LogP contribution is 2.27. The molecule has 0 heterocycles. The van der Waals surface area contributed by atoms with Gasteiger partial charge in [-0.05, 0) is 32.0 Å². The molecule has 0 radical (unpaired) electrons. The van der Waals surface area contributed by atoms with Crippen molar-refractivity contribution < 1.29 is 23.9 Å². The van der Waals surface area contributed by atoms with E-state index >= 15 is 0 Å². The van der Waals surface area contributed by atoms with Crippen molar-refractivity contribution in [3.05, 3.63) is 28.2 Å². The molecule has 0 aromatic heterocycles. The van der Waals surface area contributed by atoms with Gasteiger partial charge in [0, 0.05) is 11.1 Å². The van der Waals surface area contributed by atoms with Gasteiger partial charge in [-0.1, -0.05) is 23.2 Å². The summed E-state index contributed by atoms with van der Waals surface area (Å²) in [5, 5.41) is 5.63. The SMILES string of the molecule is CC(C)NC(=O)CNC(=O)COC(=O)COc1ccc(Cl)cc1Cl. The molecular weight excluding hydrogens is 359 g/mol. The van der Waals surface area contributed by atoms with E-state index in [-0.39, 0.29) is 29.3 Å². The molecule has 24 heavy (non-hydrogen) atoms. The Hall–Kier alpha value is -1.99. The number of hydrogen-bond acceptors (Lipinski definition) is 5. The molecule has 0 spiro atoms. The average molecular weight is 377 g/mol. The maximum Gasteiger partial charge on any atom is 0.344 e. The molecule has 1 aromatic carbocycles. The molecule has 0 fully saturated rings. The molecule has 0 saturated heterocycles. The first-order valence-corrected chi connectivity index (χ1v) is 7.83. The second-order valence-corrected chi connectivity index (χ2v) is 5.87. The summed E-state index contributed by atoms with van der Waals surface area (Å²) in [5.74, 6) is -1.40. The molecule has 0 aliphatic rings. The molecule has 2 N–H and O–H groups in total. The molecule has 1 aromatic rings. The minimum Gasteiger partial charge on any atom is -0.480 e. The third-order valence-corrected chi connectivity index (χ3v) is 3.03. The highest BCUT2D eigenvalue weighted by molar-refractivity contribution is 6.35. The van der Waals surface area contributed by atoms with Crippen molar-refractivity contribution in [2.75, 3.05) is 19.8 Å². The number of esters is 1. The molecule has 0 aliphatic carbocycles. The van der Waals surface area contributed by atoms with Gasteiger partial charge < -0.3 is 20.1 Å². The van der Waals surface area contributed by atoms with E-state index in [9.17, 15) is 14.4 Å². The second kappa shape index (κ2) is 10.00. The largest absolute Gasteiger partial charge is 0.480 e. The van der Waals surface area contributed by atoms with Gasteiger partial charge in [0.25, 0.3) is 5.91 Å². The van der Waals surface area contributed by atoms with E-state index < -0.39 is 25.1 Å². The van der Waals surface area contributed by atoms with Crippen molar-refractivity contribution in [3.8, 4) is 5.75 Å². The minimum atomic E-state index is -0.747. The van der Waals surface area contributed by atoms with Crippen LogP contribution in [0.3, 0.4) is 0 Å². The van der Waals surface area contributed by atoms with E-state index in [1.807, 2.05) is 0 Å². The van der Waals surface area contributed by atoms with Gasteiger partial charge in [0.1, 0.15) is 5.75 Å². The third-order valence-electron chi connectivity index (χ3n) is 2.50. The lowest BCUT2D eigenvalue weighted by atomic mass is 10.3. The summed E-state index contributed by atoms with van der Waals surface area (Å²) in [4.78, 5) is 34.3. The first-order valence-electron chi connectivity index (χ1n) is 7.07. The van der Waals surface area contributed by atoms with Gasteiger partial charge in [0.2, 0.25) is 5.91 Å². The number of rotatable bonds is 8. The Morgan fingerprint density at radius 3 is 2.46 bits per heavy atom. The topological polar surface area (TPSA) is 93.7 Å². The minimum absolute atomic E-state index is 0.0240. The molecule has 132 valence electrons. The average Bonchev–Trinajstić information content (AvgIpc) is 2.49. The van der Waals surface area contributed by atoms with Crippen LogP contribution in [-0.4, -0.2) is 43.6 Å². The van der Waals surface area contributed by atoms with Crippen molar-refractivity contribution in [2.24, 2.45) is 0 Å². The molecule has 0 unspecified atom stereocenters. The van der Waals surface area contributed by atoms with E-state index in [4.69, 9.17) is 32.7 Å². The lowest BCUT2D eigenvalue weighted by Gasteiger charge is -2.10. The zero-order valence-electron chi connectivity index (χ0n) is 13.2. The maximum atomic E-state index is 11.5. The molecule has 0 bridgehead atoms. The molecule has 2 amide bonds. The zero-order chi connectivity index (χ0) is 18.1. The summed E-state index contributed by atoms with van der Waals surface area (Å²) in [5.41, 5.74) is 0. The summed E-state index contributed by atoms with van der Waals surface area (Å²) in [6.45, 7) is 2.49. The molecule has 9 heteroatoms. The van der Waals surface area contributed by atoms with Crippen molar-refractivity contribution in [1.29, 1.82) is 0 Å². The maximum absolute atomic E-state index is 11.5. The first-order chi connectivity index (χ1) is 11.3. The highest BCUT2D eigenvalue weighted by Gasteiger charge is 2.11. The molecule has 0 aliphatic heterocycles. The Morgan fingerprint density at radius 1 is 1.12 bits per heavy atom. The first kappa shape index (κ1) is 20.1. The van der Waals surface area contributed by atoms with Crippen LogP contribution in [0.25, 0.3) is 0 Å². The number of halogens is 2. The fraction of sp³-hybridized carbons (Fsp3) is 0.400. The lowest BCUT2D eigenvalue weighted by molar-refractivity contribution is -0.150. The Labute approximate surface area is 149 Å². The molecule has 1 rings (SSSR count). The van der Waals surface area contributed by atoms with Crippen molar-refractivity contribution in [1.82, 2.24) is 10.6 Å². The highest BCUT2D eigenvalue weighted by atomic mass is 35.5. The van der Waals surface area contributed by atoms with Crippen LogP contribution in [0.5, 0.6) is 5.75 Å². The summed E-state index contributed by atoms with van der Waals surface area (Å²) in [6.07, 6.45) is 0. The van der Waals surface area contributed by atoms with Gasteiger partial charge in [-0.25, -0.2) is 4.79 Å². The van der Waals surface area contributed by atoms with Gasteiger partial charge in [0.05, 0.1) is 11.6 Å². The lowest BCUT2D eigenvalue weighted by Crippen LogP contribution is -2.41. The molecule has 0 atom stereocenters. The van der Waals surface area contributed by atoms with Crippen LogP contribution in [0.2, 0.25) is 10.0 Å².